The summed E-state index contributed by atoms with van der Waals surface area (Å²) in [7, 11) is 1.96. The molecule has 0 spiro atoms. The third-order valence-electron chi connectivity index (χ3n) is 5.21. The maximum absolute atomic E-state index is 13.7. The van der Waals surface area contributed by atoms with E-state index in [2.05, 4.69) is 15.4 Å². The van der Waals surface area contributed by atoms with Crippen LogP contribution >= 0.6 is 0 Å². The number of piperazine rings is 1. The summed E-state index contributed by atoms with van der Waals surface area (Å²) in [5.41, 5.74) is 3.00. The molecule has 1 amide bonds. The van der Waals surface area contributed by atoms with Crippen LogP contribution < -0.4 is 10.3 Å². The lowest BCUT2D eigenvalue weighted by atomic mass is 9.99. The Morgan fingerprint density at radius 2 is 1.88 bits per heavy atom. The van der Waals surface area contributed by atoms with Crippen molar-refractivity contribution < 1.29 is 18.0 Å². The molecule has 0 bridgehead atoms. The molecule has 1 aromatic carbocycles. The normalized spacial score (nSPS) is 26.8. The van der Waals surface area contributed by atoms with Crippen LogP contribution in [0.2, 0.25) is 0 Å². The molecule has 3 aliphatic rings. The Morgan fingerprint density at radius 3 is 2.56 bits per heavy atom. The van der Waals surface area contributed by atoms with Gasteiger partial charge in [0.1, 0.15) is 0 Å². The molecular formula is C17H19F3N4O. The molecule has 0 radical (unpaired) electrons. The van der Waals surface area contributed by atoms with Gasteiger partial charge < -0.3 is 9.80 Å². The van der Waals surface area contributed by atoms with Gasteiger partial charge in [-0.15, -0.1) is 0 Å². The molecule has 2 fully saturated rings. The number of carbonyl (C=O) groups excluding carboxylic acids is 1. The van der Waals surface area contributed by atoms with E-state index in [0.717, 1.165) is 13.1 Å². The number of hydrazone groups is 1. The zero-order valence-electron chi connectivity index (χ0n) is 13.8. The highest BCUT2D eigenvalue weighted by Gasteiger charge is 2.49. The van der Waals surface area contributed by atoms with Crippen molar-refractivity contribution in [2.75, 3.05) is 38.1 Å². The fourth-order valence-electron chi connectivity index (χ4n) is 3.59. The number of alkyl halides is 3. The van der Waals surface area contributed by atoms with Crippen molar-refractivity contribution in [3.05, 3.63) is 29.3 Å². The number of nitrogens with zero attached hydrogens (tertiary/aromatic N) is 3. The van der Waals surface area contributed by atoms with Crippen molar-refractivity contribution in [2.24, 2.45) is 16.9 Å². The molecule has 4 rings (SSSR count). The van der Waals surface area contributed by atoms with Crippen molar-refractivity contribution in [1.29, 1.82) is 0 Å². The van der Waals surface area contributed by atoms with Gasteiger partial charge in [0, 0.05) is 43.7 Å². The molecule has 1 saturated heterocycles. The van der Waals surface area contributed by atoms with Crippen molar-refractivity contribution in [1.82, 2.24) is 10.3 Å². The maximum atomic E-state index is 13.7. The van der Waals surface area contributed by atoms with Crippen molar-refractivity contribution >= 4 is 17.3 Å². The average molecular weight is 352 g/mol. The van der Waals surface area contributed by atoms with E-state index in [1.807, 2.05) is 7.05 Å². The molecule has 2 aliphatic heterocycles. The first-order chi connectivity index (χ1) is 11.8. The van der Waals surface area contributed by atoms with Crippen LogP contribution in [0.25, 0.3) is 0 Å². The van der Waals surface area contributed by atoms with Crippen LogP contribution in [0.4, 0.5) is 18.9 Å². The predicted octanol–water partition coefficient (Wildman–Crippen LogP) is 1.93. The van der Waals surface area contributed by atoms with Gasteiger partial charge in [-0.25, -0.2) is 5.43 Å². The van der Waals surface area contributed by atoms with Crippen LogP contribution in [0.5, 0.6) is 0 Å². The molecule has 1 saturated carbocycles. The van der Waals surface area contributed by atoms with Crippen LogP contribution in [-0.2, 0) is 11.0 Å². The van der Waals surface area contributed by atoms with Crippen molar-refractivity contribution in [3.63, 3.8) is 0 Å². The second kappa shape index (κ2) is 5.72. The number of benzene rings is 1. The summed E-state index contributed by atoms with van der Waals surface area (Å²) in [5, 5.41) is 4.01. The minimum Gasteiger partial charge on any atom is -0.368 e. The van der Waals surface area contributed by atoms with Crippen LogP contribution in [0.1, 0.15) is 17.5 Å². The highest BCUT2D eigenvalue weighted by molar-refractivity contribution is 6.09. The molecule has 1 N–H and O–H groups in total. The molecule has 2 atom stereocenters. The van der Waals surface area contributed by atoms with Crippen LogP contribution in [0.15, 0.2) is 23.3 Å². The number of nitrogens with one attached hydrogen (secondary N) is 1. The van der Waals surface area contributed by atoms with Gasteiger partial charge >= 0.3 is 6.18 Å². The third-order valence-corrected chi connectivity index (χ3v) is 5.21. The van der Waals surface area contributed by atoms with Gasteiger partial charge in [0.15, 0.2) is 0 Å². The largest absolute Gasteiger partial charge is 0.418 e. The summed E-state index contributed by atoms with van der Waals surface area (Å²) >= 11 is 0. The first kappa shape index (κ1) is 16.4. The summed E-state index contributed by atoms with van der Waals surface area (Å²) < 4.78 is 41.0. The number of amides is 1. The summed E-state index contributed by atoms with van der Waals surface area (Å²) in [5.74, 6) is -0.331. The van der Waals surface area contributed by atoms with Gasteiger partial charge in [-0.05, 0) is 31.2 Å². The fourth-order valence-corrected chi connectivity index (χ4v) is 3.59. The second-order valence-electron chi connectivity index (χ2n) is 6.94. The topological polar surface area (TPSA) is 47.9 Å². The number of halogens is 3. The van der Waals surface area contributed by atoms with Gasteiger partial charge in [-0.2, -0.15) is 18.3 Å². The quantitative estimate of drug-likeness (QED) is 0.885. The summed E-state index contributed by atoms with van der Waals surface area (Å²) in [6, 6.07) is 4.41. The zero-order chi connectivity index (χ0) is 17.8. The van der Waals surface area contributed by atoms with Crippen LogP contribution in [0.3, 0.4) is 0 Å². The monoisotopic (exact) mass is 352 g/mol. The minimum absolute atomic E-state index is 0.0516. The lowest BCUT2D eigenvalue weighted by molar-refractivity contribution is -0.137. The number of likely N-dealkylation sites (N-methyl/N-ethyl adjacent to an activating group) is 1. The Labute approximate surface area is 143 Å². The molecule has 5 nitrogen and oxygen atoms in total. The Bertz CT molecular complexity index is 738. The van der Waals surface area contributed by atoms with Gasteiger partial charge in [0.05, 0.1) is 11.3 Å². The average Bonchev–Trinajstić information content (AvgIpc) is 3.36. The third kappa shape index (κ3) is 2.99. The molecule has 25 heavy (non-hydrogen) atoms. The van der Waals surface area contributed by atoms with E-state index in [1.165, 1.54) is 6.07 Å². The Morgan fingerprint density at radius 1 is 1.16 bits per heavy atom. The smallest absolute Gasteiger partial charge is 0.368 e. The van der Waals surface area contributed by atoms with E-state index < -0.39 is 11.7 Å². The minimum atomic E-state index is -4.43. The molecule has 1 aromatic rings. The number of rotatable bonds is 2. The van der Waals surface area contributed by atoms with Gasteiger partial charge in [-0.1, -0.05) is 6.07 Å². The van der Waals surface area contributed by atoms with E-state index in [-0.39, 0.29) is 23.4 Å². The molecule has 0 unspecified atom stereocenters. The summed E-state index contributed by atoms with van der Waals surface area (Å²) in [6.45, 7) is 2.62. The van der Waals surface area contributed by atoms with E-state index in [9.17, 15) is 18.0 Å². The zero-order valence-corrected chi connectivity index (χ0v) is 13.8. The highest BCUT2D eigenvalue weighted by Crippen LogP contribution is 2.45. The lowest BCUT2D eigenvalue weighted by Gasteiger charge is -2.35. The maximum Gasteiger partial charge on any atom is 0.418 e. The van der Waals surface area contributed by atoms with Gasteiger partial charge in [0.2, 0.25) is 5.91 Å². The van der Waals surface area contributed by atoms with E-state index in [0.29, 0.717) is 30.8 Å². The predicted molar refractivity (Wildman–Crippen MR) is 87.4 cm³/mol. The van der Waals surface area contributed by atoms with Crippen LogP contribution in [0, 0.1) is 11.8 Å². The number of anilines is 1. The first-order valence-corrected chi connectivity index (χ1v) is 8.37. The molecule has 2 heterocycles. The Balaban J connectivity index is 1.69. The van der Waals surface area contributed by atoms with Gasteiger partial charge in [-0.3, -0.25) is 4.79 Å². The number of carbonyl (C=O) groups is 1. The molecule has 1 aliphatic carbocycles. The summed E-state index contributed by atoms with van der Waals surface area (Å²) in [4.78, 5) is 15.4. The standard InChI is InChI=1S/C17H19F3N4O/c1-23-4-6-24(7-5-23)14-3-2-10(8-13(14)17(18,19)20)15-11-9-12(11)16(25)22-21-15/h2-3,8,11-12H,4-7,9H2,1H3,(H,22,25)/t11-,12+/m0/s1. The molecular weight excluding hydrogens is 333 g/mol. The van der Waals surface area contributed by atoms with Crippen molar-refractivity contribution in [2.45, 2.75) is 12.6 Å². The number of hydrogen-bond acceptors (Lipinski definition) is 4. The van der Waals surface area contributed by atoms with Crippen LogP contribution in [-0.4, -0.2) is 49.7 Å². The SMILES string of the molecule is CN1CCN(c2ccc(C3=NNC(=O)[C@@H]4C[C@H]34)cc2C(F)(F)F)CC1. The first-order valence-electron chi connectivity index (χ1n) is 8.37. The second-order valence-corrected chi connectivity index (χ2v) is 6.94. The Hall–Kier alpha value is -2.09. The fraction of sp³-hybridized carbons (Fsp3) is 0.529. The molecule has 8 heteroatoms. The lowest BCUT2D eigenvalue weighted by Crippen LogP contribution is -2.45. The molecule has 0 aromatic heterocycles. The van der Waals surface area contributed by atoms with E-state index in [4.69, 9.17) is 0 Å². The van der Waals surface area contributed by atoms with E-state index in [1.54, 1.807) is 17.0 Å². The summed E-state index contributed by atoms with van der Waals surface area (Å²) in [6.07, 6.45) is -3.78. The molecule has 134 valence electrons. The van der Waals surface area contributed by atoms with Gasteiger partial charge in [0.25, 0.3) is 0 Å². The number of hydrogen-bond donors (Lipinski definition) is 1. The highest BCUT2D eigenvalue weighted by atomic mass is 19.4. The van der Waals surface area contributed by atoms with E-state index >= 15 is 0 Å². The van der Waals surface area contributed by atoms with Crippen molar-refractivity contribution in [3.8, 4) is 0 Å². The Kier molecular flexibility index (Phi) is 3.75. The number of fused-ring (bicyclic) bond motifs is 1.